The summed E-state index contributed by atoms with van der Waals surface area (Å²) in [6.45, 7) is 9.45. The highest BCUT2D eigenvalue weighted by atomic mass is 16.1. The van der Waals surface area contributed by atoms with Crippen LogP contribution >= 0.6 is 0 Å². The smallest absolute Gasteiger partial charge is 0.136 e. The van der Waals surface area contributed by atoms with Crippen LogP contribution in [0.1, 0.15) is 66.2 Å². The first-order valence-electron chi connectivity index (χ1n) is 8.63. The van der Waals surface area contributed by atoms with Crippen LogP contribution in [-0.2, 0) is 4.79 Å². The summed E-state index contributed by atoms with van der Waals surface area (Å²) in [6.07, 6.45) is 9.24. The molecule has 0 aromatic carbocycles. The molecular weight excluding hydrogens is 244 g/mol. The van der Waals surface area contributed by atoms with Crippen LogP contribution in [0.4, 0.5) is 0 Å². The van der Waals surface area contributed by atoms with E-state index in [9.17, 15) is 4.79 Å². The van der Waals surface area contributed by atoms with Gasteiger partial charge in [-0.2, -0.15) is 0 Å². The molecule has 0 bridgehead atoms. The first-order chi connectivity index (χ1) is 9.45. The van der Waals surface area contributed by atoms with E-state index in [1.165, 1.54) is 31.3 Å². The van der Waals surface area contributed by atoms with Gasteiger partial charge in [-0.1, -0.05) is 32.4 Å². The number of hydrogen-bond donors (Lipinski definition) is 0. The number of fused-ring (bicyclic) bond motifs is 4. The fraction of sp³-hybridized carbons (Fsp3) is 0.842. The van der Waals surface area contributed by atoms with E-state index in [-0.39, 0.29) is 0 Å². The molecule has 2 fully saturated rings. The Hall–Kier alpha value is -0.590. The third-order valence-corrected chi connectivity index (χ3v) is 6.87. The Morgan fingerprint density at radius 3 is 2.70 bits per heavy atom. The van der Waals surface area contributed by atoms with E-state index >= 15 is 0 Å². The highest BCUT2D eigenvalue weighted by molar-refractivity contribution is 5.83. The van der Waals surface area contributed by atoms with Crippen molar-refractivity contribution in [3.05, 3.63) is 11.6 Å². The van der Waals surface area contributed by atoms with E-state index in [0.29, 0.717) is 29.0 Å². The Bertz CT molecular complexity index is 433. The molecule has 3 aliphatic carbocycles. The number of carbonyl (C=O) groups is 1. The van der Waals surface area contributed by atoms with Crippen LogP contribution in [-0.4, -0.2) is 5.78 Å². The van der Waals surface area contributed by atoms with Crippen LogP contribution in [0.5, 0.6) is 0 Å². The van der Waals surface area contributed by atoms with Crippen LogP contribution in [0.25, 0.3) is 0 Å². The van der Waals surface area contributed by atoms with Gasteiger partial charge in [0.2, 0.25) is 0 Å². The molecule has 1 heteroatoms. The molecule has 3 aliphatic rings. The molecule has 2 saturated carbocycles. The lowest BCUT2D eigenvalue weighted by Crippen LogP contribution is -2.57. The molecule has 0 aliphatic heterocycles. The van der Waals surface area contributed by atoms with Gasteiger partial charge in [-0.15, -0.1) is 0 Å². The molecule has 0 aromatic heterocycles. The summed E-state index contributed by atoms with van der Waals surface area (Å²) >= 11 is 0. The van der Waals surface area contributed by atoms with Gasteiger partial charge >= 0.3 is 0 Å². The summed E-state index contributed by atoms with van der Waals surface area (Å²) < 4.78 is 0. The molecule has 1 nitrogen and oxygen atoms in total. The zero-order valence-corrected chi connectivity index (χ0v) is 13.6. The summed E-state index contributed by atoms with van der Waals surface area (Å²) in [4.78, 5) is 12.7. The van der Waals surface area contributed by atoms with Gasteiger partial charge < -0.3 is 0 Å². The first-order valence-corrected chi connectivity index (χ1v) is 8.63. The number of hydrogen-bond acceptors (Lipinski definition) is 1. The van der Waals surface area contributed by atoms with Gasteiger partial charge in [-0.3, -0.25) is 4.79 Å². The van der Waals surface area contributed by atoms with Crippen molar-refractivity contribution in [2.24, 2.45) is 35.0 Å². The molecular formula is C19H30O. The lowest BCUT2D eigenvalue weighted by Gasteiger charge is -2.59. The van der Waals surface area contributed by atoms with Crippen molar-refractivity contribution >= 4 is 5.78 Å². The molecule has 20 heavy (non-hydrogen) atoms. The fourth-order valence-electron chi connectivity index (χ4n) is 5.76. The lowest BCUT2D eigenvalue weighted by molar-refractivity contribution is -0.156. The van der Waals surface area contributed by atoms with Crippen molar-refractivity contribution < 1.29 is 4.79 Å². The van der Waals surface area contributed by atoms with E-state index < -0.39 is 0 Å². The number of carbonyl (C=O) groups excluding carboxylic acids is 1. The highest BCUT2D eigenvalue weighted by Crippen LogP contribution is 2.69. The Labute approximate surface area is 124 Å². The minimum Gasteiger partial charge on any atom is -0.299 e. The van der Waals surface area contributed by atoms with Gasteiger partial charge in [-0.05, 0) is 68.1 Å². The topological polar surface area (TPSA) is 17.1 Å². The molecule has 5 atom stereocenters. The van der Waals surface area contributed by atoms with Crippen molar-refractivity contribution in [1.29, 1.82) is 0 Å². The van der Waals surface area contributed by atoms with Crippen LogP contribution in [0.3, 0.4) is 0 Å². The van der Waals surface area contributed by atoms with Crippen LogP contribution < -0.4 is 0 Å². The largest absolute Gasteiger partial charge is 0.299 e. The number of rotatable bonds is 1. The maximum Gasteiger partial charge on any atom is 0.136 e. The van der Waals surface area contributed by atoms with E-state index in [2.05, 4.69) is 33.8 Å². The number of allylic oxidation sites excluding steroid dienone is 2. The predicted octanol–water partition coefficient (Wildman–Crippen LogP) is 5.01. The van der Waals surface area contributed by atoms with Gasteiger partial charge in [0.05, 0.1) is 0 Å². The monoisotopic (exact) mass is 274 g/mol. The van der Waals surface area contributed by atoms with E-state index in [1.807, 2.05) is 0 Å². The quantitative estimate of drug-likeness (QED) is 0.614. The predicted molar refractivity (Wildman–Crippen MR) is 83.4 cm³/mol. The van der Waals surface area contributed by atoms with E-state index in [1.54, 1.807) is 0 Å². The third-order valence-electron chi connectivity index (χ3n) is 6.87. The summed E-state index contributed by atoms with van der Waals surface area (Å²) in [5.41, 5.74) is 1.98. The van der Waals surface area contributed by atoms with Gasteiger partial charge in [0, 0.05) is 12.3 Å². The molecule has 3 rings (SSSR count). The van der Waals surface area contributed by atoms with Crippen molar-refractivity contribution in [3.63, 3.8) is 0 Å². The zero-order chi connectivity index (χ0) is 14.5. The Morgan fingerprint density at radius 1 is 1.25 bits per heavy atom. The van der Waals surface area contributed by atoms with Gasteiger partial charge in [0.15, 0.2) is 0 Å². The summed E-state index contributed by atoms with van der Waals surface area (Å²) in [5, 5.41) is 0. The Morgan fingerprint density at radius 2 is 2.00 bits per heavy atom. The van der Waals surface area contributed by atoms with Crippen molar-refractivity contribution in [2.75, 3.05) is 0 Å². The summed E-state index contributed by atoms with van der Waals surface area (Å²) in [6, 6.07) is 0. The summed E-state index contributed by atoms with van der Waals surface area (Å²) in [5.74, 6) is 3.87. The zero-order valence-electron chi connectivity index (χ0n) is 13.6. The molecule has 0 saturated heterocycles. The third kappa shape index (κ3) is 2.00. The molecule has 0 spiro atoms. The van der Waals surface area contributed by atoms with Crippen molar-refractivity contribution in [2.45, 2.75) is 66.2 Å². The minimum atomic E-state index is 0.397. The molecule has 0 heterocycles. The minimum absolute atomic E-state index is 0.397. The number of ketones is 1. The Balaban J connectivity index is 1.87. The van der Waals surface area contributed by atoms with Gasteiger partial charge in [0.25, 0.3) is 0 Å². The second-order valence-corrected chi connectivity index (χ2v) is 8.20. The molecule has 0 radical (unpaired) electrons. The molecule has 0 aromatic rings. The molecule has 0 N–H and O–H groups in total. The van der Waals surface area contributed by atoms with Crippen molar-refractivity contribution in [1.82, 2.24) is 0 Å². The maximum absolute atomic E-state index is 12.7. The fourth-order valence-corrected chi connectivity index (χ4v) is 5.76. The summed E-state index contributed by atoms with van der Waals surface area (Å²) in [7, 11) is 0. The molecule has 0 amide bonds. The van der Waals surface area contributed by atoms with Crippen LogP contribution in [0.2, 0.25) is 0 Å². The second-order valence-electron chi connectivity index (χ2n) is 8.20. The molecule has 5 unspecified atom stereocenters. The Kier molecular flexibility index (Phi) is 3.59. The van der Waals surface area contributed by atoms with E-state index in [4.69, 9.17) is 0 Å². The molecule has 112 valence electrons. The number of Topliss-reactive ketones (excluding diaryl/α,β-unsaturated/α-hetero) is 1. The lowest BCUT2D eigenvalue weighted by atomic mass is 9.44. The highest BCUT2D eigenvalue weighted by Gasteiger charge is 2.65. The average molecular weight is 274 g/mol. The van der Waals surface area contributed by atoms with Crippen molar-refractivity contribution in [3.8, 4) is 0 Å². The van der Waals surface area contributed by atoms with Gasteiger partial charge in [0.1, 0.15) is 5.78 Å². The van der Waals surface area contributed by atoms with Gasteiger partial charge in [-0.25, -0.2) is 0 Å². The second kappa shape index (κ2) is 5.00. The normalized spacial score (nSPS) is 47.5. The standard InChI is InChI=1S/C19H30O/c1-12(2)14-10-11-19(4)15-9-8-13(3)6-5-7-16(20)17(15)18(14)19/h6,12,14-15,17-18H,5,7-11H2,1-4H3/b13-6-. The first kappa shape index (κ1) is 14.4. The SMILES string of the molecule is C/C1=C/CCC(=O)C2C(CC1)C1(C)CCC(C(C)C)C21. The van der Waals surface area contributed by atoms with Crippen LogP contribution in [0.15, 0.2) is 11.6 Å². The average Bonchev–Trinajstić information content (AvgIpc) is 2.67. The maximum atomic E-state index is 12.7. The van der Waals surface area contributed by atoms with E-state index in [0.717, 1.165) is 24.7 Å². The van der Waals surface area contributed by atoms with Crippen LogP contribution in [0, 0.1) is 35.0 Å².